The molecule has 1 saturated heterocycles. The predicted octanol–water partition coefficient (Wildman–Crippen LogP) is 5.44. The molecule has 1 amide bonds. The summed E-state index contributed by atoms with van der Waals surface area (Å²) in [6.45, 7) is 7.18. The van der Waals surface area contributed by atoms with E-state index in [0.717, 1.165) is 34.5 Å². The monoisotopic (exact) mass is 572 g/mol. The lowest BCUT2D eigenvalue weighted by atomic mass is 10.2. The number of aromatic nitrogens is 3. The number of anilines is 3. The third kappa shape index (κ3) is 6.56. The van der Waals surface area contributed by atoms with Crippen LogP contribution in [0, 0.1) is 0 Å². The summed E-state index contributed by atoms with van der Waals surface area (Å²) in [6.07, 6.45) is 2.18. The molecule has 11 heteroatoms. The Morgan fingerprint density at radius 1 is 1.02 bits per heavy atom. The van der Waals surface area contributed by atoms with Crippen molar-refractivity contribution in [1.82, 2.24) is 19.7 Å². The number of rotatable bonds is 8. The Morgan fingerprint density at radius 3 is 2.43 bits per heavy atom. The first-order valence-electron chi connectivity index (χ1n) is 13.8. The van der Waals surface area contributed by atoms with Crippen molar-refractivity contribution in [2.75, 3.05) is 37.9 Å². The fourth-order valence-electron chi connectivity index (χ4n) is 4.84. The van der Waals surface area contributed by atoms with Gasteiger partial charge in [-0.15, -0.1) is 0 Å². The standard InChI is InChI=1S/C31H36N6O5/c1-31(2,3)42-30(39)36-17-15-23(19-36)34-27-26-25(33-22-10-8-21(9-11-22)29(38)41-5)14-16-32-28(26)37(35-27)18-20-6-12-24(40-4)13-7-20/h6-14,16,23H,15,17-19H2,1-5H3,(H,32,33)(H,34,35). The molecule has 1 aliphatic rings. The van der Waals surface area contributed by atoms with Crippen molar-refractivity contribution in [3.63, 3.8) is 0 Å². The van der Waals surface area contributed by atoms with E-state index in [1.165, 1.54) is 7.11 Å². The molecule has 220 valence electrons. The van der Waals surface area contributed by atoms with Crippen LogP contribution in [-0.4, -0.2) is 70.7 Å². The predicted molar refractivity (Wildman–Crippen MR) is 161 cm³/mol. The molecule has 3 heterocycles. The van der Waals surface area contributed by atoms with Gasteiger partial charge in [-0.3, -0.25) is 0 Å². The molecule has 2 aromatic heterocycles. The van der Waals surface area contributed by atoms with Gasteiger partial charge in [0.05, 0.1) is 37.4 Å². The average Bonchev–Trinajstić information content (AvgIpc) is 3.58. The normalized spacial score (nSPS) is 15.0. The highest BCUT2D eigenvalue weighted by Gasteiger charge is 2.31. The molecule has 0 radical (unpaired) electrons. The van der Waals surface area contributed by atoms with Gasteiger partial charge in [0.25, 0.3) is 0 Å². The zero-order chi connectivity index (χ0) is 29.9. The van der Waals surface area contributed by atoms with E-state index in [1.54, 1.807) is 30.3 Å². The van der Waals surface area contributed by atoms with Crippen molar-refractivity contribution in [3.8, 4) is 5.75 Å². The number of likely N-dealkylation sites (tertiary alicyclic amines) is 1. The fourth-order valence-corrected chi connectivity index (χ4v) is 4.84. The summed E-state index contributed by atoms with van der Waals surface area (Å²) < 4.78 is 17.6. The first-order valence-corrected chi connectivity index (χ1v) is 13.8. The molecule has 4 aromatic rings. The van der Waals surface area contributed by atoms with Crippen molar-refractivity contribution in [2.24, 2.45) is 0 Å². The number of ether oxygens (including phenoxy) is 3. The summed E-state index contributed by atoms with van der Waals surface area (Å²) in [4.78, 5) is 31.0. The molecule has 42 heavy (non-hydrogen) atoms. The molecule has 11 nitrogen and oxygen atoms in total. The smallest absolute Gasteiger partial charge is 0.410 e. The van der Waals surface area contributed by atoms with Crippen LogP contribution < -0.4 is 15.4 Å². The summed E-state index contributed by atoms with van der Waals surface area (Å²) in [5.41, 5.74) is 3.25. The summed E-state index contributed by atoms with van der Waals surface area (Å²) >= 11 is 0. The van der Waals surface area contributed by atoms with Gasteiger partial charge in [0.2, 0.25) is 0 Å². The van der Waals surface area contributed by atoms with Crippen molar-refractivity contribution >= 4 is 40.3 Å². The number of pyridine rings is 1. The van der Waals surface area contributed by atoms with Gasteiger partial charge in [0.1, 0.15) is 11.4 Å². The maximum absolute atomic E-state index is 12.7. The average molecular weight is 573 g/mol. The maximum Gasteiger partial charge on any atom is 0.410 e. The number of fused-ring (bicyclic) bond motifs is 1. The van der Waals surface area contributed by atoms with Crippen LogP contribution in [0.1, 0.15) is 43.1 Å². The lowest BCUT2D eigenvalue weighted by Crippen LogP contribution is -2.36. The Labute approximate surface area is 244 Å². The maximum atomic E-state index is 12.7. The van der Waals surface area contributed by atoms with Crippen molar-refractivity contribution < 1.29 is 23.8 Å². The second-order valence-corrected chi connectivity index (χ2v) is 11.2. The molecule has 1 fully saturated rings. The Morgan fingerprint density at radius 2 is 1.76 bits per heavy atom. The van der Waals surface area contributed by atoms with Crippen LogP contribution in [0.15, 0.2) is 60.8 Å². The van der Waals surface area contributed by atoms with Crippen LogP contribution in [0.3, 0.4) is 0 Å². The zero-order valence-corrected chi connectivity index (χ0v) is 24.5. The molecule has 0 aliphatic carbocycles. The highest BCUT2D eigenvalue weighted by atomic mass is 16.6. The van der Waals surface area contributed by atoms with Crippen LogP contribution in [-0.2, 0) is 16.0 Å². The quantitative estimate of drug-likeness (QED) is 0.266. The van der Waals surface area contributed by atoms with E-state index in [9.17, 15) is 9.59 Å². The van der Waals surface area contributed by atoms with Gasteiger partial charge < -0.3 is 29.7 Å². The molecular formula is C31H36N6O5. The van der Waals surface area contributed by atoms with Crippen LogP contribution in [0.5, 0.6) is 5.75 Å². The number of amides is 1. The van der Waals surface area contributed by atoms with Gasteiger partial charge in [0, 0.05) is 31.0 Å². The van der Waals surface area contributed by atoms with Gasteiger partial charge in [-0.25, -0.2) is 19.3 Å². The Balaban J connectivity index is 1.45. The van der Waals surface area contributed by atoms with Crippen LogP contribution in [0.4, 0.5) is 22.0 Å². The van der Waals surface area contributed by atoms with Crippen molar-refractivity contribution in [1.29, 1.82) is 0 Å². The molecule has 1 unspecified atom stereocenters. The minimum absolute atomic E-state index is 0.0162. The van der Waals surface area contributed by atoms with Crippen LogP contribution >= 0.6 is 0 Å². The van der Waals surface area contributed by atoms with E-state index in [2.05, 4.69) is 10.6 Å². The first kappa shape index (κ1) is 28.7. The van der Waals surface area contributed by atoms with E-state index >= 15 is 0 Å². The molecule has 0 spiro atoms. The SMILES string of the molecule is COC(=O)c1ccc(Nc2ccnc3c2c(NC2CCN(C(=O)OC(C)(C)C)C2)nn3Cc2ccc(OC)cc2)cc1. The van der Waals surface area contributed by atoms with Gasteiger partial charge >= 0.3 is 12.1 Å². The summed E-state index contributed by atoms with van der Waals surface area (Å²) in [5.74, 6) is 1.05. The van der Waals surface area contributed by atoms with Crippen molar-refractivity contribution in [2.45, 2.75) is 45.4 Å². The number of esters is 1. The van der Waals surface area contributed by atoms with Gasteiger partial charge in [-0.1, -0.05) is 12.1 Å². The zero-order valence-electron chi connectivity index (χ0n) is 24.5. The number of carbonyl (C=O) groups excluding carboxylic acids is 2. The Bertz CT molecular complexity index is 1560. The molecule has 2 N–H and O–H groups in total. The minimum atomic E-state index is -0.555. The minimum Gasteiger partial charge on any atom is -0.497 e. The first-order chi connectivity index (χ1) is 20.1. The largest absolute Gasteiger partial charge is 0.497 e. The van der Waals surface area contributed by atoms with Gasteiger partial charge in [-0.05, 0) is 75.2 Å². The Kier molecular flexibility index (Phi) is 8.19. The Hall–Kier alpha value is -4.80. The molecule has 1 atom stereocenters. The molecule has 0 saturated carbocycles. The third-order valence-corrected chi connectivity index (χ3v) is 6.89. The van der Waals surface area contributed by atoms with E-state index in [4.69, 9.17) is 24.3 Å². The van der Waals surface area contributed by atoms with E-state index in [-0.39, 0.29) is 12.1 Å². The lowest BCUT2D eigenvalue weighted by Gasteiger charge is -2.24. The summed E-state index contributed by atoms with van der Waals surface area (Å²) in [6, 6.07) is 16.8. The number of nitrogens with zero attached hydrogens (tertiary/aromatic N) is 4. The van der Waals surface area contributed by atoms with Crippen LogP contribution in [0.2, 0.25) is 0 Å². The van der Waals surface area contributed by atoms with Crippen LogP contribution in [0.25, 0.3) is 11.0 Å². The molecule has 5 rings (SSSR count). The molecular weight excluding hydrogens is 536 g/mol. The second kappa shape index (κ2) is 12.0. The van der Waals surface area contributed by atoms with Gasteiger partial charge in [-0.2, -0.15) is 5.10 Å². The van der Waals surface area contributed by atoms with E-state index < -0.39 is 11.6 Å². The highest BCUT2D eigenvalue weighted by molar-refractivity contribution is 6.00. The number of methoxy groups -OCH3 is 2. The van der Waals surface area contributed by atoms with Crippen molar-refractivity contribution in [3.05, 3.63) is 71.9 Å². The number of benzene rings is 2. The third-order valence-electron chi connectivity index (χ3n) is 6.89. The fraction of sp³-hybridized carbons (Fsp3) is 0.355. The van der Waals surface area contributed by atoms with E-state index in [0.29, 0.717) is 36.7 Å². The van der Waals surface area contributed by atoms with Gasteiger partial charge in [0.15, 0.2) is 11.5 Å². The second-order valence-electron chi connectivity index (χ2n) is 11.2. The summed E-state index contributed by atoms with van der Waals surface area (Å²) in [5, 5.41) is 12.8. The number of nitrogens with one attached hydrogen (secondary N) is 2. The molecule has 0 bridgehead atoms. The number of hydrogen-bond acceptors (Lipinski definition) is 9. The molecule has 1 aliphatic heterocycles. The summed E-state index contributed by atoms with van der Waals surface area (Å²) in [7, 11) is 3.00. The highest BCUT2D eigenvalue weighted by Crippen LogP contribution is 2.33. The number of carbonyl (C=O) groups is 2. The number of hydrogen-bond donors (Lipinski definition) is 2. The lowest BCUT2D eigenvalue weighted by molar-refractivity contribution is 0.0293. The van der Waals surface area contributed by atoms with E-state index in [1.807, 2.05) is 67.9 Å². The topological polar surface area (TPSA) is 120 Å². The molecule has 2 aromatic carbocycles.